The van der Waals surface area contributed by atoms with Crippen molar-refractivity contribution < 1.29 is 9.53 Å². The number of ether oxygens (including phenoxy) is 1. The number of rotatable bonds is 4. The second-order valence-corrected chi connectivity index (χ2v) is 4.60. The lowest BCUT2D eigenvalue weighted by atomic mass is 10.1. The molecule has 1 heterocycles. The van der Waals surface area contributed by atoms with Crippen LogP contribution >= 0.6 is 0 Å². The van der Waals surface area contributed by atoms with Gasteiger partial charge in [-0.25, -0.2) is 0 Å². The van der Waals surface area contributed by atoms with Gasteiger partial charge in [-0.15, -0.1) is 0 Å². The number of hydrogen-bond acceptors (Lipinski definition) is 3. The van der Waals surface area contributed by atoms with Gasteiger partial charge in [0.05, 0.1) is 13.5 Å². The SMILES string of the molecule is COc1ccccc1CC(=O)N[C@H]1CCCNC1. The number of hydrogen-bond donors (Lipinski definition) is 2. The molecule has 1 aliphatic heterocycles. The molecule has 1 saturated heterocycles. The summed E-state index contributed by atoms with van der Waals surface area (Å²) in [5.74, 6) is 0.836. The Morgan fingerprint density at radius 2 is 2.33 bits per heavy atom. The third-order valence-corrected chi connectivity index (χ3v) is 3.21. The minimum atomic E-state index is 0.0631. The minimum absolute atomic E-state index is 0.0631. The highest BCUT2D eigenvalue weighted by atomic mass is 16.5. The highest BCUT2D eigenvalue weighted by molar-refractivity contribution is 5.79. The highest BCUT2D eigenvalue weighted by Crippen LogP contribution is 2.17. The van der Waals surface area contributed by atoms with E-state index >= 15 is 0 Å². The Bertz CT molecular complexity index is 401. The molecule has 0 spiro atoms. The summed E-state index contributed by atoms with van der Waals surface area (Å²) in [7, 11) is 1.63. The smallest absolute Gasteiger partial charge is 0.224 e. The molecule has 2 N–H and O–H groups in total. The molecule has 98 valence electrons. The van der Waals surface area contributed by atoms with Crippen molar-refractivity contribution in [1.29, 1.82) is 0 Å². The van der Waals surface area contributed by atoms with Gasteiger partial charge >= 0.3 is 0 Å². The second-order valence-electron chi connectivity index (χ2n) is 4.60. The monoisotopic (exact) mass is 248 g/mol. The van der Waals surface area contributed by atoms with Crippen molar-refractivity contribution in [2.24, 2.45) is 0 Å². The van der Waals surface area contributed by atoms with Crippen LogP contribution in [0.4, 0.5) is 0 Å². The van der Waals surface area contributed by atoms with Crippen LogP contribution in [0.15, 0.2) is 24.3 Å². The Hall–Kier alpha value is -1.55. The second kappa shape index (κ2) is 6.40. The van der Waals surface area contributed by atoms with Crippen molar-refractivity contribution in [3.63, 3.8) is 0 Å². The van der Waals surface area contributed by atoms with Crippen LogP contribution in [0, 0.1) is 0 Å². The molecule has 0 aromatic heterocycles. The van der Waals surface area contributed by atoms with E-state index in [2.05, 4.69) is 10.6 Å². The van der Waals surface area contributed by atoms with Crippen molar-refractivity contribution in [3.8, 4) is 5.75 Å². The summed E-state index contributed by atoms with van der Waals surface area (Å²) in [4.78, 5) is 12.0. The maximum atomic E-state index is 12.0. The van der Waals surface area contributed by atoms with E-state index in [4.69, 9.17) is 4.74 Å². The van der Waals surface area contributed by atoms with Gasteiger partial charge in [-0.05, 0) is 25.5 Å². The molecule has 0 radical (unpaired) electrons. The van der Waals surface area contributed by atoms with E-state index in [9.17, 15) is 4.79 Å². The van der Waals surface area contributed by atoms with Crippen LogP contribution < -0.4 is 15.4 Å². The quantitative estimate of drug-likeness (QED) is 0.839. The van der Waals surface area contributed by atoms with Gasteiger partial charge in [-0.3, -0.25) is 4.79 Å². The first-order valence-corrected chi connectivity index (χ1v) is 6.41. The largest absolute Gasteiger partial charge is 0.496 e. The molecule has 1 atom stereocenters. The molecular weight excluding hydrogens is 228 g/mol. The summed E-state index contributed by atoms with van der Waals surface area (Å²) < 4.78 is 5.24. The molecule has 2 rings (SSSR count). The number of nitrogens with one attached hydrogen (secondary N) is 2. The fourth-order valence-electron chi connectivity index (χ4n) is 2.28. The van der Waals surface area contributed by atoms with E-state index in [0.717, 1.165) is 37.2 Å². The third-order valence-electron chi connectivity index (χ3n) is 3.21. The van der Waals surface area contributed by atoms with E-state index in [0.29, 0.717) is 6.42 Å². The van der Waals surface area contributed by atoms with Gasteiger partial charge in [0.15, 0.2) is 0 Å². The van der Waals surface area contributed by atoms with Gasteiger partial charge in [0.25, 0.3) is 0 Å². The van der Waals surface area contributed by atoms with Crippen molar-refractivity contribution in [1.82, 2.24) is 10.6 Å². The lowest BCUT2D eigenvalue weighted by molar-refractivity contribution is -0.121. The van der Waals surface area contributed by atoms with Crippen LogP contribution in [-0.2, 0) is 11.2 Å². The number of piperidine rings is 1. The molecule has 1 amide bonds. The first-order chi connectivity index (χ1) is 8.79. The summed E-state index contributed by atoms with van der Waals surface area (Å²) in [6.45, 7) is 1.93. The van der Waals surface area contributed by atoms with E-state index in [1.54, 1.807) is 7.11 Å². The number of benzene rings is 1. The molecule has 1 aromatic rings. The summed E-state index contributed by atoms with van der Waals surface area (Å²) in [6, 6.07) is 7.90. The number of carbonyl (C=O) groups is 1. The molecule has 0 saturated carbocycles. The van der Waals surface area contributed by atoms with E-state index in [1.807, 2.05) is 24.3 Å². The van der Waals surface area contributed by atoms with Crippen molar-refractivity contribution in [2.45, 2.75) is 25.3 Å². The minimum Gasteiger partial charge on any atom is -0.496 e. The van der Waals surface area contributed by atoms with Gasteiger partial charge in [0, 0.05) is 18.2 Å². The average molecular weight is 248 g/mol. The van der Waals surface area contributed by atoms with Crippen LogP contribution in [0.25, 0.3) is 0 Å². The summed E-state index contributed by atoms with van der Waals surface area (Å²) >= 11 is 0. The molecule has 1 aliphatic rings. The van der Waals surface area contributed by atoms with Gasteiger partial charge in [-0.2, -0.15) is 0 Å². The Labute approximate surface area is 108 Å². The first-order valence-electron chi connectivity index (χ1n) is 6.41. The summed E-state index contributed by atoms with van der Waals surface area (Å²) in [5, 5.41) is 6.35. The van der Waals surface area contributed by atoms with Gasteiger partial charge < -0.3 is 15.4 Å². The maximum Gasteiger partial charge on any atom is 0.224 e. The fourth-order valence-corrected chi connectivity index (χ4v) is 2.28. The zero-order valence-corrected chi connectivity index (χ0v) is 10.7. The number of carbonyl (C=O) groups excluding carboxylic acids is 1. The van der Waals surface area contributed by atoms with E-state index < -0.39 is 0 Å². The zero-order chi connectivity index (χ0) is 12.8. The molecule has 4 heteroatoms. The van der Waals surface area contributed by atoms with Crippen LogP contribution in [0.1, 0.15) is 18.4 Å². The van der Waals surface area contributed by atoms with E-state index in [1.165, 1.54) is 0 Å². The molecule has 18 heavy (non-hydrogen) atoms. The standard InChI is InChI=1S/C14H20N2O2/c1-18-13-7-3-2-5-11(13)9-14(17)16-12-6-4-8-15-10-12/h2-3,5,7,12,15H,4,6,8-10H2,1H3,(H,16,17)/t12-/m0/s1. The lowest BCUT2D eigenvalue weighted by Gasteiger charge is -2.23. The summed E-state index contributed by atoms with van der Waals surface area (Å²) in [5.41, 5.74) is 0.932. The number of para-hydroxylation sites is 1. The van der Waals surface area contributed by atoms with Gasteiger partial charge in [0.2, 0.25) is 5.91 Å². The van der Waals surface area contributed by atoms with Gasteiger partial charge in [0.1, 0.15) is 5.75 Å². The Kier molecular flexibility index (Phi) is 4.59. The predicted octanol–water partition coefficient (Wildman–Crippen LogP) is 1.11. The van der Waals surface area contributed by atoms with Crippen molar-refractivity contribution in [2.75, 3.05) is 20.2 Å². The Morgan fingerprint density at radius 3 is 3.06 bits per heavy atom. The fraction of sp³-hybridized carbons (Fsp3) is 0.500. The van der Waals surface area contributed by atoms with E-state index in [-0.39, 0.29) is 11.9 Å². The van der Waals surface area contributed by atoms with Crippen LogP contribution in [0.2, 0.25) is 0 Å². The predicted molar refractivity (Wildman–Crippen MR) is 70.7 cm³/mol. The third kappa shape index (κ3) is 3.47. The van der Waals surface area contributed by atoms with Gasteiger partial charge in [-0.1, -0.05) is 18.2 Å². The molecular formula is C14H20N2O2. The first kappa shape index (κ1) is 12.9. The maximum absolute atomic E-state index is 12.0. The Balaban J connectivity index is 1.90. The van der Waals surface area contributed by atoms with Crippen LogP contribution in [-0.4, -0.2) is 32.1 Å². The van der Waals surface area contributed by atoms with Crippen molar-refractivity contribution >= 4 is 5.91 Å². The molecule has 0 bridgehead atoms. The Morgan fingerprint density at radius 1 is 1.50 bits per heavy atom. The lowest BCUT2D eigenvalue weighted by Crippen LogP contribution is -2.46. The highest BCUT2D eigenvalue weighted by Gasteiger charge is 2.16. The number of amides is 1. The normalized spacial score (nSPS) is 19.3. The molecule has 1 aromatic carbocycles. The molecule has 4 nitrogen and oxygen atoms in total. The van der Waals surface area contributed by atoms with Crippen molar-refractivity contribution in [3.05, 3.63) is 29.8 Å². The van der Waals surface area contributed by atoms with Crippen LogP contribution in [0.5, 0.6) is 5.75 Å². The topological polar surface area (TPSA) is 50.4 Å². The molecule has 0 unspecified atom stereocenters. The zero-order valence-electron chi connectivity index (χ0n) is 10.7. The number of methoxy groups -OCH3 is 1. The average Bonchev–Trinajstić information content (AvgIpc) is 2.40. The van der Waals surface area contributed by atoms with Crippen LogP contribution in [0.3, 0.4) is 0 Å². The molecule has 1 fully saturated rings. The molecule has 0 aliphatic carbocycles. The summed E-state index contributed by atoms with van der Waals surface area (Å²) in [6.07, 6.45) is 2.56.